The summed E-state index contributed by atoms with van der Waals surface area (Å²) in [4.78, 5) is 16.1. The first-order valence-corrected chi connectivity index (χ1v) is 8.86. The fraction of sp³-hybridized carbons (Fsp3) is 0.474. The molecule has 134 valence electrons. The smallest absolute Gasteiger partial charge is 0.254 e. The molecule has 0 unspecified atom stereocenters. The zero-order valence-corrected chi connectivity index (χ0v) is 15.2. The van der Waals surface area contributed by atoms with Crippen molar-refractivity contribution < 1.29 is 19.0 Å². The molecule has 1 amide bonds. The van der Waals surface area contributed by atoms with Crippen LogP contribution in [-0.2, 0) is 6.61 Å². The van der Waals surface area contributed by atoms with E-state index in [0.717, 1.165) is 55.5 Å². The maximum atomic E-state index is 12.6. The van der Waals surface area contributed by atoms with Gasteiger partial charge < -0.3 is 19.1 Å². The fourth-order valence-electron chi connectivity index (χ4n) is 3.12. The van der Waals surface area contributed by atoms with Gasteiger partial charge in [0.15, 0.2) is 0 Å². The lowest BCUT2D eigenvalue weighted by atomic mass is 10.1. The molecule has 25 heavy (non-hydrogen) atoms. The average Bonchev–Trinajstić information content (AvgIpc) is 2.98. The molecule has 1 aromatic carbocycles. The molecule has 1 aliphatic rings. The van der Waals surface area contributed by atoms with Gasteiger partial charge in [0, 0.05) is 5.56 Å². The number of aromatic nitrogens is 1. The standard InChI is InChI=1S/C19H25N3O3/c1-4-21-9-11-22(12-10-21)19(23)16-5-7-17(8-6-16)24-13-18-14(2)20-25-15(18)3/h5-8H,4,9-13H2,1-3H3/p+1. The zero-order chi connectivity index (χ0) is 17.8. The van der Waals surface area contributed by atoms with Crippen molar-refractivity contribution in [2.75, 3.05) is 32.7 Å². The van der Waals surface area contributed by atoms with E-state index in [0.29, 0.717) is 12.2 Å². The maximum Gasteiger partial charge on any atom is 0.254 e. The van der Waals surface area contributed by atoms with Crippen LogP contribution in [-0.4, -0.2) is 48.7 Å². The van der Waals surface area contributed by atoms with Gasteiger partial charge in [0.1, 0.15) is 18.1 Å². The second kappa shape index (κ2) is 7.70. The molecular weight excluding hydrogens is 318 g/mol. The topological polar surface area (TPSA) is 60.0 Å². The van der Waals surface area contributed by atoms with Crippen LogP contribution in [0.25, 0.3) is 0 Å². The van der Waals surface area contributed by atoms with E-state index in [-0.39, 0.29) is 5.91 Å². The van der Waals surface area contributed by atoms with Crippen LogP contribution in [0.3, 0.4) is 0 Å². The summed E-state index contributed by atoms with van der Waals surface area (Å²) in [5, 5.41) is 3.92. The van der Waals surface area contributed by atoms with E-state index < -0.39 is 0 Å². The quantitative estimate of drug-likeness (QED) is 0.886. The number of carbonyl (C=O) groups is 1. The number of quaternary nitrogens is 1. The van der Waals surface area contributed by atoms with E-state index in [1.807, 2.05) is 43.0 Å². The van der Waals surface area contributed by atoms with Gasteiger partial charge in [-0.3, -0.25) is 4.79 Å². The number of piperazine rings is 1. The highest BCUT2D eigenvalue weighted by molar-refractivity contribution is 5.94. The molecular formula is C19H26N3O3+. The van der Waals surface area contributed by atoms with Gasteiger partial charge in [0.05, 0.1) is 44.0 Å². The Kier molecular flexibility index (Phi) is 5.38. The SMILES string of the molecule is CC[NH+]1CCN(C(=O)c2ccc(OCc3c(C)noc3C)cc2)CC1. The van der Waals surface area contributed by atoms with Crippen molar-refractivity contribution in [1.29, 1.82) is 0 Å². The molecule has 0 atom stereocenters. The van der Waals surface area contributed by atoms with Crippen LogP contribution in [0.2, 0.25) is 0 Å². The third-order valence-corrected chi connectivity index (χ3v) is 4.92. The van der Waals surface area contributed by atoms with Crippen molar-refractivity contribution in [3.8, 4) is 5.75 Å². The van der Waals surface area contributed by atoms with Gasteiger partial charge in [-0.2, -0.15) is 0 Å². The van der Waals surface area contributed by atoms with Crippen LogP contribution in [0.5, 0.6) is 5.75 Å². The molecule has 1 N–H and O–H groups in total. The minimum atomic E-state index is 0.104. The van der Waals surface area contributed by atoms with Crippen molar-refractivity contribution in [3.63, 3.8) is 0 Å². The van der Waals surface area contributed by atoms with Gasteiger partial charge in [0.25, 0.3) is 5.91 Å². The summed E-state index contributed by atoms with van der Waals surface area (Å²) in [5.41, 5.74) is 2.53. The molecule has 1 saturated heterocycles. The first-order valence-electron chi connectivity index (χ1n) is 8.86. The lowest BCUT2D eigenvalue weighted by molar-refractivity contribution is -0.902. The van der Waals surface area contributed by atoms with E-state index in [2.05, 4.69) is 12.1 Å². The Morgan fingerprint density at radius 1 is 1.24 bits per heavy atom. The van der Waals surface area contributed by atoms with Crippen LogP contribution in [0.1, 0.15) is 34.3 Å². The lowest BCUT2D eigenvalue weighted by Crippen LogP contribution is -3.14. The fourth-order valence-corrected chi connectivity index (χ4v) is 3.12. The van der Waals surface area contributed by atoms with E-state index >= 15 is 0 Å². The summed E-state index contributed by atoms with van der Waals surface area (Å²) in [6.07, 6.45) is 0. The van der Waals surface area contributed by atoms with Crippen LogP contribution in [0, 0.1) is 13.8 Å². The Bertz CT molecular complexity index is 697. The predicted octanol–water partition coefficient (Wildman–Crippen LogP) is 1.23. The molecule has 0 bridgehead atoms. The minimum Gasteiger partial charge on any atom is -0.489 e. The number of likely N-dealkylation sites (N-methyl/N-ethyl adjacent to an activating group) is 1. The van der Waals surface area contributed by atoms with Gasteiger partial charge in [-0.25, -0.2) is 0 Å². The number of amides is 1. The van der Waals surface area contributed by atoms with E-state index in [1.165, 1.54) is 0 Å². The molecule has 1 fully saturated rings. The molecule has 6 nitrogen and oxygen atoms in total. The second-order valence-corrected chi connectivity index (χ2v) is 6.51. The number of carbonyl (C=O) groups excluding carboxylic acids is 1. The highest BCUT2D eigenvalue weighted by Crippen LogP contribution is 2.18. The van der Waals surface area contributed by atoms with Gasteiger partial charge in [-0.1, -0.05) is 5.16 Å². The van der Waals surface area contributed by atoms with E-state index in [4.69, 9.17) is 9.26 Å². The molecule has 2 heterocycles. The second-order valence-electron chi connectivity index (χ2n) is 6.51. The minimum absolute atomic E-state index is 0.104. The summed E-state index contributed by atoms with van der Waals surface area (Å²) < 4.78 is 10.9. The molecule has 1 aromatic heterocycles. The van der Waals surface area contributed by atoms with Gasteiger partial charge >= 0.3 is 0 Å². The maximum absolute atomic E-state index is 12.6. The Labute approximate surface area is 148 Å². The van der Waals surface area contributed by atoms with E-state index in [9.17, 15) is 4.79 Å². The van der Waals surface area contributed by atoms with Crippen LogP contribution in [0.15, 0.2) is 28.8 Å². The summed E-state index contributed by atoms with van der Waals surface area (Å²) >= 11 is 0. The molecule has 1 aliphatic heterocycles. The van der Waals surface area contributed by atoms with Crippen molar-refractivity contribution in [1.82, 2.24) is 10.1 Å². The number of hydrogen-bond acceptors (Lipinski definition) is 4. The Morgan fingerprint density at radius 2 is 1.92 bits per heavy atom. The Balaban J connectivity index is 1.57. The zero-order valence-electron chi connectivity index (χ0n) is 15.2. The van der Waals surface area contributed by atoms with Gasteiger partial charge in [-0.15, -0.1) is 0 Å². The van der Waals surface area contributed by atoms with E-state index in [1.54, 1.807) is 4.90 Å². The first-order chi connectivity index (χ1) is 12.1. The van der Waals surface area contributed by atoms with Crippen molar-refractivity contribution >= 4 is 5.91 Å². The molecule has 0 radical (unpaired) electrons. The third kappa shape index (κ3) is 4.02. The molecule has 0 spiro atoms. The Hall–Kier alpha value is -2.34. The van der Waals surface area contributed by atoms with Crippen LogP contribution >= 0.6 is 0 Å². The van der Waals surface area contributed by atoms with Crippen molar-refractivity contribution in [2.45, 2.75) is 27.4 Å². The highest BCUT2D eigenvalue weighted by Gasteiger charge is 2.23. The first kappa shape index (κ1) is 17.5. The number of rotatable bonds is 5. The Morgan fingerprint density at radius 3 is 2.48 bits per heavy atom. The summed E-state index contributed by atoms with van der Waals surface area (Å²) in [6.45, 7) is 11.2. The number of ether oxygens (including phenoxy) is 1. The highest BCUT2D eigenvalue weighted by atomic mass is 16.5. The summed E-state index contributed by atoms with van der Waals surface area (Å²) in [5.74, 6) is 1.61. The molecule has 0 saturated carbocycles. The van der Waals surface area contributed by atoms with Crippen molar-refractivity contribution in [3.05, 3.63) is 46.8 Å². The van der Waals surface area contributed by atoms with Crippen LogP contribution < -0.4 is 9.64 Å². The lowest BCUT2D eigenvalue weighted by Gasteiger charge is -2.31. The third-order valence-electron chi connectivity index (χ3n) is 4.92. The molecule has 6 heteroatoms. The number of nitrogens with zero attached hydrogens (tertiary/aromatic N) is 2. The summed E-state index contributed by atoms with van der Waals surface area (Å²) in [7, 11) is 0. The van der Waals surface area contributed by atoms with Gasteiger partial charge in [0.2, 0.25) is 0 Å². The van der Waals surface area contributed by atoms with Crippen LogP contribution in [0.4, 0.5) is 0 Å². The van der Waals surface area contributed by atoms with Gasteiger partial charge in [-0.05, 0) is 45.0 Å². The number of benzene rings is 1. The monoisotopic (exact) mass is 344 g/mol. The summed E-state index contributed by atoms with van der Waals surface area (Å²) in [6, 6.07) is 7.37. The largest absolute Gasteiger partial charge is 0.489 e. The predicted molar refractivity (Wildman–Crippen MR) is 93.9 cm³/mol. The molecule has 2 aromatic rings. The molecule has 3 rings (SSSR count). The normalized spacial score (nSPS) is 15.4. The number of hydrogen-bond donors (Lipinski definition) is 1. The average molecular weight is 344 g/mol. The molecule has 0 aliphatic carbocycles. The van der Waals surface area contributed by atoms with Crippen molar-refractivity contribution in [2.24, 2.45) is 0 Å². The number of aryl methyl sites for hydroxylation is 2. The number of nitrogens with one attached hydrogen (secondary N) is 1.